The highest BCUT2D eigenvalue weighted by Gasteiger charge is 2.39. The largest absolute Gasteiger partial charge is 0.449 e. The molecule has 0 heterocycles. The normalized spacial score (nSPS) is 22.4. The molecule has 3 N–H and O–H groups in total. The fourth-order valence-electron chi connectivity index (χ4n) is 4.22. The number of hydrogen-bond acceptors (Lipinski definition) is 5. The van der Waals surface area contributed by atoms with E-state index in [1.165, 1.54) is 0 Å². The quantitative estimate of drug-likeness (QED) is 0.240. The summed E-state index contributed by atoms with van der Waals surface area (Å²) in [7, 11) is 0. The number of hydrogen-bond donors (Lipinski definition) is 3. The van der Waals surface area contributed by atoms with Gasteiger partial charge in [-0.05, 0) is 50.2 Å². The molecule has 34 heavy (non-hydrogen) atoms. The topological polar surface area (TPSA) is 95.9 Å². The molecule has 6 nitrogen and oxygen atoms in total. The second-order valence-electron chi connectivity index (χ2n) is 9.25. The lowest BCUT2D eigenvalue weighted by atomic mass is 9.89. The van der Waals surface area contributed by atoms with Crippen molar-refractivity contribution >= 4 is 17.6 Å². The molecule has 1 unspecified atom stereocenters. The predicted molar refractivity (Wildman–Crippen MR) is 135 cm³/mol. The molecule has 0 aliphatic heterocycles. The maximum Gasteiger partial charge on any atom is 0.411 e. The molecule has 0 radical (unpaired) electrons. The summed E-state index contributed by atoms with van der Waals surface area (Å²) in [5.74, 6) is -0.247. The maximum absolute atomic E-state index is 12.4. The first-order valence-electron chi connectivity index (χ1n) is 12.6. The van der Waals surface area contributed by atoms with E-state index in [4.69, 9.17) is 4.74 Å². The van der Waals surface area contributed by atoms with Gasteiger partial charge in [-0.15, -0.1) is 0 Å². The highest BCUT2D eigenvalue weighted by molar-refractivity contribution is 5.85. The Labute approximate surface area is 204 Å². The van der Waals surface area contributed by atoms with E-state index in [-0.39, 0.29) is 30.0 Å². The van der Waals surface area contributed by atoms with Crippen molar-refractivity contribution in [2.45, 2.75) is 77.4 Å². The highest BCUT2D eigenvalue weighted by atomic mass is 16.5. The van der Waals surface area contributed by atoms with Crippen molar-refractivity contribution in [1.29, 1.82) is 0 Å². The van der Waals surface area contributed by atoms with Gasteiger partial charge in [-0.3, -0.25) is 10.1 Å². The van der Waals surface area contributed by atoms with Crippen LogP contribution in [0.25, 0.3) is 0 Å². The summed E-state index contributed by atoms with van der Waals surface area (Å²) in [5.41, 5.74) is 0.704. The summed E-state index contributed by atoms with van der Waals surface area (Å²) < 4.78 is 5.18. The Kier molecular flexibility index (Phi) is 12.6. The number of benzene rings is 1. The fraction of sp³-hybridized carbons (Fsp3) is 0.571. The van der Waals surface area contributed by atoms with E-state index in [9.17, 15) is 19.8 Å². The predicted octanol–water partition coefficient (Wildman–Crippen LogP) is 5.66. The lowest BCUT2D eigenvalue weighted by Gasteiger charge is -2.19. The molecule has 0 saturated heterocycles. The fourth-order valence-corrected chi connectivity index (χ4v) is 4.22. The van der Waals surface area contributed by atoms with Gasteiger partial charge >= 0.3 is 6.09 Å². The first-order chi connectivity index (χ1) is 16.4. The number of amides is 1. The summed E-state index contributed by atoms with van der Waals surface area (Å²) in [5, 5.41) is 23.4. The average molecular weight is 472 g/mol. The van der Waals surface area contributed by atoms with E-state index >= 15 is 0 Å². The van der Waals surface area contributed by atoms with Crippen molar-refractivity contribution in [3.63, 3.8) is 0 Å². The van der Waals surface area contributed by atoms with Crippen LogP contribution in [-0.2, 0) is 9.53 Å². The van der Waals surface area contributed by atoms with Crippen LogP contribution in [0, 0.1) is 17.8 Å². The van der Waals surface area contributed by atoms with Crippen LogP contribution in [-0.4, -0.2) is 40.9 Å². The van der Waals surface area contributed by atoms with E-state index in [1.54, 1.807) is 18.2 Å². The third-order valence-corrected chi connectivity index (χ3v) is 6.43. The molecule has 1 fully saturated rings. The van der Waals surface area contributed by atoms with Gasteiger partial charge in [0, 0.05) is 23.9 Å². The minimum Gasteiger partial charge on any atom is -0.449 e. The van der Waals surface area contributed by atoms with Crippen LogP contribution in [0.4, 0.5) is 10.5 Å². The van der Waals surface area contributed by atoms with Gasteiger partial charge in [0.1, 0.15) is 5.78 Å². The third kappa shape index (κ3) is 9.82. The third-order valence-electron chi connectivity index (χ3n) is 6.43. The maximum atomic E-state index is 12.4. The van der Waals surface area contributed by atoms with Crippen molar-refractivity contribution in [3.8, 4) is 0 Å². The second-order valence-corrected chi connectivity index (χ2v) is 9.25. The minimum atomic E-state index is -0.681. The van der Waals surface area contributed by atoms with E-state index in [2.05, 4.69) is 12.2 Å². The molecule has 2 rings (SSSR count). The smallest absolute Gasteiger partial charge is 0.411 e. The van der Waals surface area contributed by atoms with Crippen molar-refractivity contribution in [3.05, 3.63) is 54.6 Å². The SMILES string of the molecule is CCCCC(C)[C@H](O)C=C[C@H]1[C@H](O)CC(=O)[C@@H]1CC=CCCCCOC(=O)Nc1ccccc1. The molecule has 1 aromatic rings. The highest BCUT2D eigenvalue weighted by Crippen LogP contribution is 2.33. The number of aliphatic hydroxyl groups excluding tert-OH is 2. The van der Waals surface area contributed by atoms with Gasteiger partial charge in [0.15, 0.2) is 0 Å². The van der Waals surface area contributed by atoms with Crippen LogP contribution in [0.15, 0.2) is 54.6 Å². The Hall–Kier alpha value is -2.44. The summed E-state index contributed by atoms with van der Waals surface area (Å²) >= 11 is 0. The second kappa shape index (κ2) is 15.5. The Morgan fingerprint density at radius 3 is 2.71 bits per heavy atom. The molecule has 1 saturated carbocycles. The van der Waals surface area contributed by atoms with Gasteiger partial charge in [0.05, 0.1) is 18.8 Å². The number of carbonyl (C=O) groups excluding carboxylic acids is 2. The van der Waals surface area contributed by atoms with Gasteiger partial charge in [-0.25, -0.2) is 4.79 Å². The van der Waals surface area contributed by atoms with Crippen LogP contribution < -0.4 is 5.32 Å². The molecular weight excluding hydrogens is 430 g/mol. The Bertz CT molecular complexity index is 791. The summed E-state index contributed by atoms with van der Waals surface area (Å²) in [6.45, 7) is 4.51. The standard InChI is InChI=1S/C28H41NO5/c1-3-4-13-21(2)25(30)18-17-24-23(26(31)20-27(24)32)16-11-6-5-7-12-19-34-28(33)29-22-14-9-8-10-15-22/h6,8-11,14-15,17-18,21,23-25,27,30,32H,3-5,7,12-13,16,19-20H2,1-2H3,(H,29,33)/t21?,23-,24-,25-,27-/m1/s1. The number of nitrogens with one attached hydrogen (secondary N) is 1. The van der Waals surface area contributed by atoms with E-state index in [1.807, 2.05) is 43.4 Å². The first kappa shape index (κ1) is 27.8. The molecule has 6 heteroatoms. The molecular formula is C28H41NO5. The lowest BCUT2D eigenvalue weighted by molar-refractivity contribution is -0.121. The number of para-hydroxylation sites is 1. The van der Waals surface area contributed by atoms with Gasteiger partial charge in [0.25, 0.3) is 0 Å². The zero-order valence-corrected chi connectivity index (χ0v) is 20.6. The van der Waals surface area contributed by atoms with Crippen LogP contribution in [0.1, 0.15) is 65.2 Å². The molecule has 1 amide bonds. The van der Waals surface area contributed by atoms with Crippen molar-refractivity contribution < 1.29 is 24.5 Å². The van der Waals surface area contributed by atoms with Crippen LogP contribution in [0.5, 0.6) is 0 Å². The summed E-state index contributed by atoms with van der Waals surface area (Å²) in [6, 6.07) is 9.18. The monoisotopic (exact) mass is 471 g/mol. The van der Waals surface area contributed by atoms with Crippen LogP contribution in [0.2, 0.25) is 0 Å². The lowest BCUT2D eigenvalue weighted by Crippen LogP contribution is -2.20. The molecule has 1 aromatic carbocycles. The zero-order chi connectivity index (χ0) is 24.8. The number of anilines is 1. The number of carbonyl (C=O) groups is 2. The molecule has 0 bridgehead atoms. The molecule has 0 aromatic heterocycles. The molecule has 1 aliphatic carbocycles. The zero-order valence-electron chi connectivity index (χ0n) is 20.6. The van der Waals surface area contributed by atoms with Gasteiger partial charge in [-0.2, -0.15) is 0 Å². The van der Waals surface area contributed by atoms with Crippen molar-refractivity contribution in [2.75, 3.05) is 11.9 Å². The van der Waals surface area contributed by atoms with Gasteiger partial charge in [0.2, 0.25) is 0 Å². The number of ketones is 1. The summed E-state index contributed by atoms with van der Waals surface area (Å²) in [6.07, 6.45) is 12.3. The average Bonchev–Trinajstić information content (AvgIpc) is 3.09. The molecule has 0 spiro atoms. The summed E-state index contributed by atoms with van der Waals surface area (Å²) in [4.78, 5) is 24.1. The number of rotatable bonds is 14. The number of aliphatic hydroxyl groups is 2. The number of allylic oxidation sites excluding steroid dienone is 2. The van der Waals surface area contributed by atoms with Crippen LogP contribution >= 0.6 is 0 Å². The van der Waals surface area contributed by atoms with E-state index in [0.29, 0.717) is 18.7 Å². The van der Waals surface area contributed by atoms with Crippen molar-refractivity contribution in [1.82, 2.24) is 0 Å². The molecule has 188 valence electrons. The van der Waals surface area contributed by atoms with Gasteiger partial charge < -0.3 is 14.9 Å². The van der Waals surface area contributed by atoms with E-state index < -0.39 is 18.3 Å². The van der Waals surface area contributed by atoms with Crippen LogP contribution in [0.3, 0.4) is 0 Å². The van der Waals surface area contributed by atoms with E-state index in [0.717, 1.165) is 38.5 Å². The molecule has 1 aliphatic rings. The van der Waals surface area contributed by atoms with Gasteiger partial charge in [-0.1, -0.05) is 69.2 Å². The Morgan fingerprint density at radius 1 is 1.21 bits per heavy atom. The number of unbranched alkanes of at least 4 members (excludes halogenated alkanes) is 3. The molecule has 5 atom stereocenters. The van der Waals surface area contributed by atoms with Crippen molar-refractivity contribution in [2.24, 2.45) is 17.8 Å². The first-order valence-corrected chi connectivity index (χ1v) is 12.6. The number of ether oxygens (including phenoxy) is 1. The Morgan fingerprint density at radius 2 is 1.97 bits per heavy atom. The number of Topliss-reactive ketones (excluding diaryl/α,β-unsaturated/α-hetero) is 1. The minimum absolute atomic E-state index is 0.0816. The Balaban J connectivity index is 1.67.